The van der Waals surface area contributed by atoms with E-state index >= 15 is 0 Å². The molecule has 2 aliphatic rings. The van der Waals surface area contributed by atoms with Crippen LogP contribution in [0.2, 0.25) is 10.0 Å². The summed E-state index contributed by atoms with van der Waals surface area (Å²) in [6.07, 6.45) is 0.304. The van der Waals surface area contributed by atoms with Crippen molar-refractivity contribution in [1.82, 2.24) is 9.62 Å². The van der Waals surface area contributed by atoms with Crippen molar-refractivity contribution in [3.05, 3.63) is 27.7 Å². The molecule has 0 saturated carbocycles. The first-order valence-corrected chi connectivity index (χ1v) is 10.1. The maximum absolute atomic E-state index is 12.8. The number of ether oxygens (including phenoxy) is 1. The van der Waals surface area contributed by atoms with Gasteiger partial charge in [-0.25, -0.2) is 8.42 Å². The lowest BCUT2D eigenvalue weighted by Gasteiger charge is -2.26. The van der Waals surface area contributed by atoms with E-state index in [0.29, 0.717) is 25.5 Å². The average molecular weight is 422 g/mol. The van der Waals surface area contributed by atoms with Crippen molar-refractivity contribution in [2.45, 2.75) is 24.3 Å². The molecule has 1 aromatic rings. The van der Waals surface area contributed by atoms with Crippen molar-refractivity contribution in [2.24, 2.45) is 5.16 Å². The van der Waals surface area contributed by atoms with Crippen LogP contribution in [0, 0.1) is 0 Å². The van der Waals surface area contributed by atoms with Crippen molar-refractivity contribution in [3.8, 4) is 0 Å². The fourth-order valence-corrected chi connectivity index (χ4v) is 4.84. The molecule has 0 bridgehead atoms. The largest absolute Gasteiger partial charge is 0.391 e. The summed E-state index contributed by atoms with van der Waals surface area (Å²) in [6.45, 7) is 2.85. The van der Waals surface area contributed by atoms with Gasteiger partial charge in [0.1, 0.15) is 11.0 Å². The summed E-state index contributed by atoms with van der Waals surface area (Å²) in [6, 6.07) is 2.44. The Hall–Kier alpha value is -1.39. The number of oxime groups is 1. The van der Waals surface area contributed by atoms with E-state index < -0.39 is 15.9 Å². The molecule has 11 heteroatoms. The molecular weight excluding hydrogens is 405 g/mol. The molecule has 1 amide bonds. The van der Waals surface area contributed by atoms with Gasteiger partial charge in [-0.3, -0.25) is 4.79 Å². The Morgan fingerprint density at radius 2 is 1.96 bits per heavy atom. The third-order valence-electron chi connectivity index (χ3n) is 3.94. The molecular formula is C15H17Cl2N3O5S. The van der Waals surface area contributed by atoms with E-state index in [2.05, 4.69) is 10.5 Å². The highest BCUT2D eigenvalue weighted by Crippen LogP contribution is 2.31. The molecule has 1 fully saturated rings. The molecule has 1 unspecified atom stereocenters. The van der Waals surface area contributed by atoms with Crippen LogP contribution >= 0.6 is 23.2 Å². The number of amides is 1. The summed E-state index contributed by atoms with van der Waals surface area (Å²) in [5.74, 6) is -0.229. The lowest BCUT2D eigenvalue weighted by atomic mass is 10.2. The third-order valence-corrected chi connectivity index (χ3v) is 6.61. The average Bonchev–Trinajstić information content (AvgIpc) is 3.00. The molecule has 142 valence electrons. The molecule has 2 heterocycles. The number of rotatable bonds is 3. The standard InChI is InChI=1S/C15H17Cl2N3O5S/c1-9-6-14(19-25-9)18-15(21)10-7-13(12(17)8-11(10)16)26(22,23)20-2-4-24-5-3-20/h7-9H,2-6H2,1H3,(H,18,19,21). The summed E-state index contributed by atoms with van der Waals surface area (Å²) >= 11 is 12.2. The number of benzene rings is 1. The third kappa shape index (κ3) is 3.96. The molecule has 1 N–H and O–H groups in total. The lowest BCUT2D eigenvalue weighted by Crippen LogP contribution is -2.40. The number of morpholine rings is 1. The Labute approximate surface area is 161 Å². The Morgan fingerprint density at radius 1 is 1.27 bits per heavy atom. The number of hydrogen-bond donors (Lipinski definition) is 1. The number of hydrogen-bond acceptors (Lipinski definition) is 6. The number of carbonyl (C=O) groups is 1. The fourth-order valence-electron chi connectivity index (χ4n) is 2.60. The summed E-state index contributed by atoms with van der Waals surface area (Å²) in [4.78, 5) is 17.3. The van der Waals surface area contributed by atoms with Gasteiger partial charge in [-0.05, 0) is 19.1 Å². The van der Waals surface area contributed by atoms with Crippen LogP contribution < -0.4 is 5.32 Å². The highest BCUT2D eigenvalue weighted by Gasteiger charge is 2.30. The van der Waals surface area contributed by atoms with Gasteiger partial charge in [0, 0.05) is 19.5 Å². The van der Waals surface area contributed by atoms with E-state index in [4.69, 9.17) is 32.8 Å². The van der Waals surface area contributed by atoms with Crippen LogP contribution in [0.4, 0.5) is 0 Å². The van der Waals surface area contributed by atoms with Gasteiger partial charge in [-0.1, -0.05) is 28.4 Å². The second-order valence-electron chi connectivity index (χ2n) is 5.89. The van der Waals surface area contributed by atoms with E-state index in [9.17, 15) is 13.2 Å². The van der Waals surface area contributed by atoms with Crippen LogP contribution in [0.1, 0.15) is 23.7 Å². The van der Waals surface area contributed by atoms with Gasteiger partial charge in [-0.2, -0.15) is 4.31 Å². The molecule has 1 saturated heterocycles. The monoisotopic (exact) mass is 421 g/mol. The fraction of sp³-hybridized carbons (Fsp3) is 0.467. The van der Waals surface area contributed by atoms with Crippen LogP contribution in [0.5, 0.6) is 0 Å². The van der Waals surface area contributed by atoms with E-state index in [1.807, 2.05) is 6.92 Å². The first-order valence-electron chi connectivity index (χ1n) is 7.90. The number of sulfonamides is 1. The molecule has 0 radical (unpaired) electrons. The summed E-state index contributed by atoms with van der Waals surface area (Å²) < 4.78 is 32.1. The Morgan fingerprint density at radius 3 is 2.58 bits per heavy atom. The molecule has 0 aromatic heterocycles. The lowest BCUT2D eigenvalue weighted by molar-refractivity contribution is 0.0730. The van der Waals surface area contributed by atoms with E-state index in [-0.39, 0.29) is 39.7 Å². The van der Waals surface area contributed by atoms with Gasteiger partial charge in [-0.15, -0.1) is 0 Å². The number of carbonyl (C=O) groups excluding carboxylic acids is 1. The highest BCUT2D eigenvalue weighted by atomic mass is 35.5. The Kier molecular flexibility index (Phi) is 5.73. The second kappa shape index (κ2) is 7.69. The van der Waals surface area contributed by atoms with Gasteiger partial charge >= 0.3 is 0 Å². The topological polar surface area (TPSA) is 97.3 Å². The Bertz CT molecular complexity index is 853. The summed E-state index contributed by atoms with van der Waals surface area (Å²) in [5.41, 5.74) is -0.00912. The molecule has 8 nitrogen and oxygen atoms in total. The zero-order chi connectivity index (χ0) is 18.9. The highest BCUT2D eigenvalue weighted by molar-refractivity contribution is 7.89. The van der Waals surface area contributed by atoms with Crippen LogP contribution in [-0.2, 0) is 19.6 Å². The van der Waals surface area contributed by atoms with E-state index in [0.717, 1.165) is 0 Å². The normalized spacial score (nSPS) is 21.2. The van der Waals surface area contributed by atoms with Gasteiger partial charge < -0.3 is 14.9 Å². The number of amidine groups is 1. The van der Waals surface area contributed by atoms with Gasteiger partial charge in [0.25, 0.3) is 5.91 Å². The van der Waals surface area contributed by atoms with E-state index in [1.54, 1.807) is 0 Å². The van der Waals surface area contributed by atoms with Crippen LogP contribution in [0.3, 0.4) is 0 Å². The van der Waals surface area contributed by atoms with Crippen molar-refractivity contribution < 1.29 is 22.8 Å². The Balaban J connectivity index is 1.90. The van der Waals surface area contributed by atoms with Gasteiger partial charge in [0.05, 0.1) is 28.8 Å². The quantitative estimate of drug-likeness (QED) is 0.802. The molecule has 26 heavy (non-hydrogen) atoms. The zero-order valence-corrected chi connectivity index (χ0v) is 16.2. The molecule has 0 spiro atoms. The van der Waals surface area contributed by atoms with Crippen molar-refractivity contribution >= 4 is 45.0 Å². The predicted octanol–water partition coefficient (Wildman–Crippen LogP) is 1.87. The minimum atomic E-state index is -3.87. The number of nitrogens with zero attached hydrogens (tertiary/aromatic N) is 2. The first-order chi connectivity index (χ1) is 12.3. The smallest absolute Gasteiger partial charge is 0.258 e. The maximum atomic E-state index is 12.8. The molecule has 2 aliphatic heterocycles. The van der Waals surface area contributed by atoms with Gasteiger partial charge in [0.2, 0.25) is 10.0 Å². The molecule has 3 rings (SSSR count). The zero-order valence-electron chi connectivity index (χ0n) is 13.9. The minimum Gasteiger partial charge on any atom is -0.391 e. The number of nitrogens with one attached hydrogen (secondary N) is 1. The van der Waals surface area contributed by atoms with Crippen LogP contribution in [-0.4, -0.2) is 56.9 Å². The summed E-state index contributed by atoms with van der Waals surface area (Å²) in [7, 11) is -3.87. The SMILES string of the molecule is CC1CC(NC(=O)c2cc(S(=O)(=O)N3CCOCC3)c(Cl)cc2Cl)=NO1. The van der Waals surface area contributed by atoms with Crippen molar-refractivity contribution in [3.63, 3.8) is 0 Å². The minimum absolute atomic E-state index is 0.00912. The van der Waals surface area contributed by atoms with Gasteiger partial charge in [0.15, 0.2) is 5.84 Å². The van der Waals surface area contributed by atoms with E-state index in [1.165, 1.54) is 16.4 Å². The predicted molar refractivity (Wildman–Crippen MR) is 96.1 cm³/mol. The summed E-state index contributed by atoms with van der Waals surface area (Å²) in [5, 5.41) is 6.32. The molecule has 0 aliphatic carbocycles. The van der Waals surface area contributed by atoms with Crippen molar-refractivity contribution in [1.29, 1.82) is 0 Å². The maximum Gasteiger partial charge on any atom is 0.258 e. The second-order valence-corrected chi connectivity index (χ2v) is 8.61. The van der Waals surface area contributed by atoms with Crippen LogP contribution in [0.25, 0.3) is 0 Å². The first kappa shape index (κ1) is 19.4. The molecule has 1 aromatic carbocycles. The van der Waals surface area contributed by atoms with Crippen molar-refractivity contribution in [2.75, 3.05) is 26.3 Å². The molecule has 1 atom stereocenters. The van der Waals surface area contributed by atoms with Crippen LogP contribution in [0.15, 0.2) is 22.2 Å². The number of halogens is 2.